The third kappa shape index (κ3) is 4.45. The Morgan fingerprint density at radius 3 is 2.74 bits per heavy atom. The molecule has 1 atom stereocenters. The summed E-state index contributed by atoms with van der Waals surface area (Å²) in [5.74, 6) is -2.56. The lowest BCUT2D eigenvalue weighted by atomic mass is 10.0. The molecule has 2 heterocycles. The summed E-state index contributed by atoms with van der Waals surface area (Å²) in [5, 5.41) is 15.8. The number of methoxy groups -OCH3 is 1. The van der Waals surface area contributed by atoms with E-state index in [0.29, 0.717) is 31.4 Å². The van der Waals surface area contributed by atoms with Crippen molar-refractivity contribution in [1.29, 1.82) is 5.26 Å². The van der Waals surface area contributed by atoms with Crippen LogP contribution < -0.4 is 10.1 Å². The lowest BCUT2D eigenvalue weighted by Crippen LogP contribution is -2.43. The first-order valence-corrected chi connectivity index (χ1v) is 10.6. The van der Waals surface area contributed by atoms with Crippen LogP contribution in [0.15, 0.2) is 48.7 Å². The van der Waals surface area contributed by atoms with Crippen LogP contribution in [0.25, 0.3) is 5.69 Å². The largest absolute Gasteiger partial charge is 0.493 e. The summed E-state index contributed by atoms with van der Waals surface area (Å²) in [7, 11) is 1.38. The van der Waals surface area contributed by atoms with E-state index in [0.717, 1.165) is 0 Å². The molecular weight excluding hydrogens is 444 g/mol. The molecule has 34 heavy (non-hydrogen) atoms. The number of likely N-dealkylation sites (tertiary alicyclic amines) is 1. The summed E-state index contributed by atoms with van der Waals surface area (Å²) in [6.07, 6.45) is 3.19. The molecule has 0 saturated carbocycles. The van der Waals surface area contributed by atoms with Gasteiger partial charge in [0, 0.05) is 24.8 Å². The van der Waals surface area contributed by atoms with Crippen molar-refractivity contribution < 1.29 is 23.1 Å². The summed E-state index contributed by atoms with van der Waals surface area (Å²) in [6.45, 7) is 0.401. The van der Waals surface area contributed by atoms with Crippen molar-refractivity contribution in [1.82, 2.24) is 14.7 Å². The number of ether oxygens (including phenoxy) is 1. The van der Waals surface area contributed by atoms with E-state index in [1.165, 1.54) is 53.2 Å². The Labute approximate surface area is 194 Å². The Hall–Kier alpha value is -4.26. The van der Waals surface area contributed by atoms with Crippen LogP contribution in [0.1, 0.15) is 24.0 Å². The molecule has 1 fully saturated rings. The Balaban J connectivity index is 1.46. The second kappa shape index (κ2) is 9.70. The summed E-state index contributed by atoms with van der Waals surface area (Å²) in [6, 6.07) is 11.7. The number of benzene rings is 2. The molecule has 4 rings (SSSR count). The molecule has 0 radical (unpaired) electrons. The number of carbonyl (C=O) groups is 2. The molecule has 3 aromatic rings. The van der Waals surface area contributed by atoms with Gasteiger partial charge in [-0.25, -0.2) is 13.5 Å². The summed E-state index contributed by atoms with van der Waals surface area (Å²) < 4.78 is 34.3. The van der Waals surface area contributed by atoms with E-state index in [1.54, 1.807) is 18.2 Å². The number of nitrogens with one attached hydrogen (secondary N) is 1. The number of halogens is 2. The lowest BCUT2D eigenvalue weighted by molar-refractivity contribution is -0.143. The van der Waals surface area contributed by atoms with Gasteiger partial charge in [0.2, 0.25) is 0 Å². The fourth-order valence-corrected chi connectivity index (χ4v) is 4.15. The van der Waals surface area contributed by atoms with Crippen LogP contribution >= 0.6 is 0 Å². The van der Waals surface area contributed by atoms with Crippen LogP contribution in [0.4, 0.5) is 14.6 Å². The first-order valence-electron chi connectivity index (χ1n) is 10.6. The normalized spacial score (nSPS) is 15.1. The van der Waals surface area contributed by atoms with Gasteiger partial charge >= 0.3 is 11.8 Å². The standard InChI is InChI=1S/C24H21F2N5O3/c1-34-22-15(5-2-8-19(22)26)13-16-6-4-11-30(16)24(33)23(32)28-21-10-12-31(29-21)20-9-3-7-18(25)17(20)14-27/h2-3,5,7-10,12,16H,4,6,11,13H2,1H3,(H,28,29,32). The SMILES string of the molecule is COc1c(F)cccc1CC1CCCN1C(=O)C(=O)Nc1ccn(-c2cccc(F)c2C#N)n1. The average molecular weight is 465 g/mol. The molecule has 174 valence electrons. The van der Waals surface area contributed by atoms with Crippen molar-refractivity contribution in [3.05, 3.63) is 71.4 Å². The van der Waals surface area contributed by atoms with Gasteiger partial charge in [-0.15, -0.1) is 5.10 Å². The zero-order valence-corrected chi connectivity index (χ0v) is 18.3. The van der Waals surface area contributed by atoms with E-state index in [9.17, 15) is 23.6 Å². The van der Waals surface area contributed by atoms with Gasteiger partial charge in [0.25, 0.3) is 0 Å². The highest BCUT2D eigenvalue weighted by atomic mass is 19.1. The van der Waals surface area contributed by atoms with Crippen molar-refractivity contribution in [3.8, 4) is 17.5 Å². The van der Waals surface area contributed by atoms with E-state index >= 15 is 0 Å². The van der Waals surface area contributed by atoms with Crippen molar-refractivity contribution in [2.75, 3.05) is 19.0 Å². The number of hydrogen-bond acceptors (Lipinski definition) is 5. The second-order valence-electron chi connectivity index (χ2n) is 7.78. The number of amides is 2. The van der Waals surface area contributed by atoms with Gasteiger partial charge in [-0.3, -0.25) is 9.59 Å². The number of nitrogens with zero attached hydrogens (tertiary/aromatic N) is 4. The number of aromatic nitrogens is 2. The van der Waals surface area contributed by atoms with Gasteiger partial charge < -0.3 is 15.0 Å². The van der Waals surface area contributed by atoms with E-state index in [1.807, 2.05) is 0 Å². The number of nitriles is 1. The lowest BCUT2D eigenvalue weighted by Gasteiger charge is -2.24. The summed E-state index contributed by atoms with van der Waals surface area (Å²) in [4.78, 5) is 27.0. The van der Waals surface area contributed by atoms with E-state index in [-0.39, 0.29) is 28.9 Å². The highest BCUT2D eigenvalue weighted by molar-refractivity contribution is 6.39. The van der Waals surface area contributed by atoms with Crippen LogP contribution in [0.2, 0.25) is 0 Å². The monoisotopic (exact) mass is 465 g/mol. The predicted octanol–water partition coefficient (Wildman–Crippen LogP) is 3.20. The smallest absolute Gasteiger partial charge is 0.315 e. The van der Waals surface area contributed by atoms with E-state index in [2.05, 4.69) is 10.4 Å². The topological polar surface area (TPSA) is 100 Å². The van der Waals surface area contributed by atoms with Crippen LogP contribution in [0, 0.1) is 23.0 Å². The molecule has 2 aromatic carbocycles. The predicted molar refractivity (Wildman–Crippen MR) is 118 cm³/mol. The number of hydrogen-bond donors (Lipinski definition) is 1. The quantitative estimate of drug-likeness (QED) is 0.584. The molecule has 10 heteroatoms. The zero-order valence-electron chi connectivity index (χ0n) is 18.3. The van der Waals surface area contributed by atoms with E-state index < -0.39 is 23.4 Å². The van der Waals surface area contributed by atoms with Gasteiger partial charge in [0.15, 0.2) is 17.4 Å². The summed E-state index contributed by atoms with van der Waals surface area (Å²) >= 11 is 0. The molecule has 0 spiro atoms. The number of rotatable bonds is 5. The van der Waals surface area contributed by atoms with Crippen molar-refractivity contribution in [2.24, 2.45) is 0 Å². The first-order chi connectivity index (χ1) is 16.4. The minimum atomic E-state index is -0.872. The fourth-order valence-electron chi connectivity index (χ4n) is 4.15. The fraction of sp³-hybridized carbons (Fsp3) is 0.250. The van der Waals surface area contributed by atoms with Crippen LogP contribution in [-0.2, 0) is 16.0 Å². The zero-order chi connectivity index (χ0) is 24.2. The molecule has 1 aliphatic rings. The van der Waals surface area contributed by atoms with Crippen LogP contribution in [-0.4, -0.2) is 46.2 Å². The minimum absolute atomic E-state index is 0.0778. The maximum atomic E-state index is 14.0. The molecule has 1 aliphatic heterocycles. The summed E-state index contributed by atoms with van der Waals surface area (Å²) in [5.41, 5.74) is 0.639. The van der Waals surface area contributed by atoms with Gasteiger partial charge in [0.05, 0.1) is 12.8 Å². The minimum Gasteiger partial charge on any atom is -0.493 e. The van der Waals surface area contributed by atoms with Gasteiger partial charge in [0.1, 0.15) is 17.4 Å². The molecule has 8 nitrogen and oxygen atoms in total. The molecule has 1 saturated heterocycles. The van der Waals surface area contributed by atoms with Crippen molar-refractivity contribution in [2.45, 2.75) is 25.3 Å². The Kier molecular flexibility index (Phi) is 6.54. The number of para-hydroxylation sites is 1. The maximum Gasteiger partial charge on any atom is 0.315 e. The van der Waals surface area contributed by atoms with Gasteiger partial charge in [-0.1, -0.05) is 18.2 Å². The highest BCUT2D eigenvalue weighted by Crippen LogP contribution is 2.28. The first kappa shape index (κ1) is 22.9. The number of anilines is 1. The molecule has 1 aromatic heterocycles. The van der Waals surface area contributed by atoms with Gasteiger partial charge in [-0.2, -0.15) is 5.26 Å². The highest BCUT2D eigenvalue weighted by Gasteiger charge is 2.33. The Morgan fingerprint density at radius 1 is 1.21 bits per heavy atom. The van der Waals surface area contributed by atoms with E-state index in [4.69, 9.17) is 4.74 Å². The average Bonchev–Trinajstić information content (AvgIpc) is 3.48. The Bertz CT molecular complexity index is 1280. The molecule has 2 amide bonds. The van der Waals surface area contributed by atoms with Crippen LogP contribution in [0.5, 0.6) is 5.75 Å². The van der Waals surface area contributed by atoms with Crippen molar-refractivity contribution >= 4 is 17.6 Å². The molecule has 1 unspecified atom stereocenters. The molecular formula is C24H21F2N5O3. The molecule has 0 bridgehead atoms. The second-order valence-corrected chi connectivity index (χ2v) is 7.78. The van der Waals surface area contributed by atoms with Gasteiger partial charge in [-0.05, 0) is 43.0 Å². The molecule has 0 aliphatic carbocycles. The third-order valence-electron chi connectivity index (χ3n) is 5.72. The maximum absolute atomic E-state index is 14.0. The van der Waals surface area contributed by atoms with Crippen molar-refractivity contribution in [3.63, 3.8) is 0 Å². The molecule has 1 N–H and O–H groups in total. The van der Waals surface area contributed by atoms with Crippen LogP contribution in [0.3, 0.4) is 0 Å². The third-order valence-corrected chi connectivity index (χ3v) is 5.72. The Morgan fingerprint density at radius 2 is 1.97 bits per heavy atom. The number of carbonyl (C=O) groups excluding carboxylic acids is 2.